The molecule has 14 heavy (non-hydrogen) atoms. The first kappa shape index (κ1) is 9.58. The van der Waals surface area contributed by atoms with Gasteiger partial charge in [0.25, 0.3) is 0 Å². The van der Waals surface area contributed by atoms with Crippen LogP contribution < -0.4 is 0 Å². The first-order valence-electron chi connectivity index (χ1n) is 3.97. The minimum absolute atomic E-state index is 0.0191. The summed E-state index contributed by atoms with van der Waals surface area (Å²) in [7, 11) is 0. The van der Waals surface area contributed by atoms with E-state index in [2.05, 4.69) is 9.97 Å². The Morgan fingerprint density at radius 1 is 1.29 bits per heavy atom. The molecule has 0 unspecified atom stereocenters. The zero-order chi connectivity index (χ0) is 9.97. The van der Waals surface area contributed by atoms with E-state index in [4.69, 9.17) is 16.7 Å². The van der Waals surface area contributed by atoms with Crippen molar-refractivity contribution >= 4 is 22.9 Å². The van der Waals surface area contributed by atoms with Crippen LogP contribution >= 0.6 is 22.9 Å². The fourth-order valence-corrected chi connectivity index (χ4v) is 1.86. The van der Waals surface area contributed by atoms with Crippen LogP contribution in [0.2, 0.25) is 5.02 Å². The molecule has 72 valence electrons. The zero-order valence-electron chi connectivity index (χ0n) is 7.14. The van der Waals surface area contributed by atoms with E-state index in [1.54, 1.807) is 18.5 Å². The molecule has 0 aromatic carbocycles. The van der Waals surface area contributed by atoms with Crippen molar-refractivity contribution < 1.29 is 5.11 Å². The Labute approximate surface area is 90.0 Å². The average molecular weight is 227 g/mol. The second kappa shape index (κ2) is 4.04. The lowest BCUT2D eigenvalue weighted by Gasteiger charge is -1.93. The monoisotopic (exact) mass is 226 g/mol. The summed E-state index contributed by atoms with van der Waals surface area (Å²) in [6, 6.07) is 3.58. The molecule has 0 aliphatic carbocycles. The molecule has 0 radical (unpaired) electrons. The van der Waals surface area contributed by atoms with E-state index in [9.17, 15) is 0 Å². The molecule has 0 spiro atoms. The van der Waals surface area contributed by atoms with E-state index in [0.29, 0.717) is 5.02 Å². The number of aliphatic hydroxyl groups excluding tert-OH is 1. The van der Waals surface area contributed by atoms with Gasteiger partial charge < -0.3 is 5.11 Å². The third-order valence-electron chi connectivity index (χ3n) is 1.66. The minimum atomic E-state index is 0.0191. The molecule has 2 rings (SSSR count). The molecule has 0 amide bonds. The van der Waals surface area contributed by atoms with E-state index in [1.165, 1.54) is 11.3 Å². The number of hydrogen-bond acceptors (Lipinski definition) is 4. The Balaban J connectivity index is 2.34. The summed E-state index contributed by atoms with van der Waals surface area (Å²) in [5.41, 5.74) is 0.777. The maximum Gasteiger partial charge on any atom is 0.142 e. The van der Waals surface area contributed by atoms with Gasteiger partial charge in [-0.05, 0) is 12.1 Å². The molecule has 0 aliphatic heterocycles. The van der Waals surface area contributed by atoms with Crippen molar-refractivity contribution in [2.75, 3.05) is 0 Å². The highest BCUT2D eigenvalue weighted by molar-refractivity contribution is 7.14. The summed E-state index contributed by atoms with van der Waals surface area (Å²) >= 11 is 7.14. The highest BCUT2D eigenvalue weighted by Crippen LogP contribution is 2.23. The smallest absolute Gasteiger partial charge is 0.142 e. The number of aliphatic hydroxyl groups is 1. The maximum absolute atomic E-state index is 8.87. The van der Waals surface area contributed by atoms with Gasteiger partial charge in [-0.25, -0.2) is 4.98 Å². The molecule has 0 saturated heterocycles. The Kier molecular flexibility index (Phi) is 2.77. The number of nitrogens with zero attached hydrogens (tertiary/aromatic N) is 2. The molecule has 0 saturated carbocycles. The molecule has 2 heterocycles. The van der Waals surface area contributed by atoms with E-state index >= 15 is 0 Å². The highest BCUT2D eigenvalue weighted by Gasteiger charge is 2.04. The second-order valence-electron chi connectivity index (χ2n) is 2.65. The summed E-state index contributed by atoms with van der Waals surface area (Å²) in [4.78, 5) is 9.10. The second-order valence-corrected chi connectivity index (χ2v) is 4.20. The van der Waals surface area contributed by atoms with Gasteiger partial charge in [0, 0.05) is 12.4 Å². The van der Waals surface area contributed by atoms with Crippen LogP contribution in [-0.4, -0.2) is 15.1 Å². The molecule has 2 aromatic heterocycles. The zero-order valence-corrected chi connectivity index (χ0v) is 8.72. The predicted molar refractivity (Wildman–Crippen MR) is 56.3 cm³/mol. The van der Waals surface area contributed by atoms with E-state index < -0.39 is 0 Å². The van der Waals surface area contributed by atoms with E-state index in [-0.39, 0.29) is 6.61 Å². The Morgan fingerprint density at radius 3 is 2.71 bits per heavy atom. The number of hydrogen-bond donors (Lipinski definition) is 1. The van der Waals surface area contributed by atoms with Gasteiger partial charge in [0.2, 0.25) is 0 Å². The lowest BCUT2D eigenvalue weighted by Crippen LogP contribution is -1.79. The van der Waals surface area contributed by atoms with Crippen molar-refractivity contribution in [3.8, 4) is 10.7 Å². The van der Waals surface area contributed by atoms with Gasteiger partial charge >= 0.3 is 0 Å². The standard InChI is InChI=1S/C9H7ClN2OS/c10-6-1-2-8(11-3-6)9-12-4-7(5-13)14-9/h1-4,13H,5H2. The highest BCUT2D eigenvalue weighted by atomic mass is 35.5. The fourth-order valence-electron chi connectivity index (χ4n) is 1.00. The molecule has 2 aromatic rings. The summed E-state index contributed by atoms with van der Waals surface area (Å²) in [5.74, 6) is 0. The molecule has 0 aliphatic rings. The van der Waals surface area contributed by atoms with Gasteiger partial charge in [-0.2, -0.15) is 0 Å². The van der Waals surface area contributed by atoms with Gasteiger partial charge in [-0.1, -0.05) is 11.6 Å². The van der Waals surface area contributed by atoms with Gasteiger partial charge in [-0.15, -0.1) is 11.3 Å². The van der Waals surface area contributed by atoms with Crippen LogP contribution in [0.3, 0.4) is 0 Å². The van der Waals surface area contributed by atoms with Crippen LogP contribution in [0.4, 0.5) is 0 Å². The van der Waals surface area contributed by atoms with Crippen molar-refractivity contribution in [3.05, 3.63) is 34.4 Å². The molecule has 5 heteroatoms. The van der Waals surface area contributed by atoms with Gasteiger partial charge in [0.15, 0.2) is 0 Å². The van der Waals surface area contributed by atoms with Crippen molar-refractivity contribution in [3.63, 3.8) is 0 Å². The average Bonchev–Trinajstić information content (AvgIpc) is 2.67. The van der Waals surface area contributed by atoms with Crippen LogP contribution in [0.25, 0.3) is 10.7 Å². The topological polar surface area (TPSA) is 46.0 Å². The van der Waals surface area contributed by atoms with Crippen molar-refractivity contribution in [2.45, 2.75) is 6.61 Å². The molecule has 0 fully saturated rings. The summed E-state index contributed by atoms with van der Waals surface area (Å²) < 4.78 is 0. The third kappa shape index (κ3) is 1.92. The minimum Gasteiger partial charge on any atom is -0.391 e. The number of thiazole rings is 1. The van der Waals surface area contributed by atoms with Gasteiger partial charge in [-0.3, -0.25) is 4.98 Å². The van der Waals surface area contributed by atoms with E-state index in [1.807, 2.05) is 6.07 Å². The lowest BCUT2D eigenvalue weighted by molar-refractivity contribution is 0.285. The Bertz CT molecular complexity index is 427. The van der Waals surface area contributed by atoms with Crippen LogP contribution in [0.15, 0.2) is 24.5 Å². The van der Waals surface area contributed by atoms with Crippen molar-refractivity contribution in [2.24, 2.45) is 0 Å². The third-order valence-corrected chi connectivity index (χ3v) is 2.88. The van der Waals surface area contributed by atoms with Crippen LogP contribution in [0, 0.1) is 0 Å². The van der Waals surface area contributed by atoms with Crippen molar-refractivity contribution in [1.82, 2.24) is 9.97 Å². The van der Waals surface area contributed by atoms with Crippen LogP contribution in [0.1, 0.15) is 4.88 Å². The van der Waals surface area contributed by atoms with Gasteiger partial charge in [0.1, 0.15) is 5.01 Å². The summed E-state index contributed by atoms with van der Waals surface area (Å²) in [6.45, 7) is 0.0191. The van der Waals surface area contributed by atoms with Crippen LogP contribution in [-0.2, 0) is 6.61 Å². The van der Waals surface area contributed by atoms with E-state index in [0.717, 1.165) is 15.6 Å². The van der Waals surface area contributed by atoms with Crippen molar-refractivity contribution in [1.29, 1.82) is 0 Å². The maximum atomic E-state index is 8.87. The largest absolute Gasteiger partial charge is 0.391 e. The molecule has 3 nitrogen and oxygen atoms in total. The molecule has 0 atom stereocenters. The molecular formula is C9H7ClN2OS. The Morgan fingerprint density at radius 2 is 2.14 bits per heavy atom. The SMILES string of the molecule is OCc1cnc(-c2ccc(Cl)cn2)s1. The first-order chi connectivity index (χ1) is 6.79. The van der Waals surface area contributed by atoms with Gasteiger partial charge in [0.05, 0.1) is 22.2 Å². The number of aromatic nitrogens is 2. The first-order valence-corrected chi connectivity index (χ1v) is 5.16. The number of rotatable bonds is 2. The summed E-state index contributed by atoms with van der Waals surface area (Å²) in [6.07, 6.45) is 3.23. The summed E-state index contributed by atoms with van der Waals surface area (Å²) in [5, 5.41) is 10.3. The normalized spacial score (nSPS) is 10.4. The quantitative estimate of drug-likeness (QED) is 0.855. The number of pyridine rings is 1. The molecule has 1 N–H and O–H groups in total. The fraction of sp³-hybridized carbons (Fsp3) is 0.111. The predicted octanol–water partition coefficient (Wildman–Crippen LogP) is 2.35. The lowest BCUT2D eigenvalue weighted by atomic mass is 10.4. The molecular weight excluding hydrogens is 220 g/mol. The number of halogens is 1. The Hall–Kier alpha value is -0.970. The van der Waals surface area contributed by atoms with Crippen LogP contribution in [0.5, 0.6) is 0 Å². The molecule has 0 bridgehead atoms.